The van der Waals surface area contributed by atoms with Crippen molar-refractivity contribution in [3.05, 3.63) is 0 Å². The highest BCUT2D eigenvalue weighted by Crippen LogP contribution is 2.19. The van der Waals surface area contributed by atoms with Crippen molar-refractivity contribution in [3.63, 3.8) is 0 Å². The second kappa shape index (κ2) is 14.2. The van der Waals surface area contributed by atoms with Crippen molar-refractivity contribution >= 4 is 6.03 Å². The van der Waals surface area contributed by atoms with Gasteiger partial charge in [0.15, 0.2) is 0 Å². The molecule has 0 spiro atoms. The van der Waals surface area contributed by atoms with Gasteiger partial charge < -0.3 is 26.2 Å². The topological polar surface area (TPSA) is 68.4 Å². The Labute approximate surface area is 161 Å². The number of carbonyl (C=O) groups excluding carboxylic acids is 1. The summed E-state index contributed by atoms with van der Waals surface area (Å²) in [5, 5.41) is 13.9. The molecule has 1 saturated heterocycles. The van der Waals surface area contributed by atoms with E-state index in [2.05, 4.69) is 42.0 Å². The summed E-state index contributed by atoms with van der Waals surface area (Å²) >= 11 is 0. The largest absolute Gasteiger partial charge is 0.336 e. The van der Waals surface area contributed by atoms with Gasteiger partial charge in [-0.25, -0.2) is 4.79 Å². The molecular formula is C20H43N5O. The third kappa shape index (κ3) is 9.19. The van der Waals surface area contributed by atoms with Gasteiger partial charge in [-0.2, -0.15) is 0 Å². The Bertz CT molecular complexity index is 333. The third-order valence-electron chi connectivity index (χ3n) is 5.09. The molecule has 154 valence electrons. The minimum atomic E-state index is 0.0247. The SMILES string of the molecule is CCCCNCC(CNCCCC)(CNCCCC)CN1CCNC1=O. The van der Waals surface area contributed by atoms with E-state index in [1.807, 2.05) is 4.90 Å². The van der Waals surface area contributed by atoms with Crippen LogP contribution in [0.25, 0.3) is 0 Å². The zero-order valence-electron chi connectivity index (χ0n) is 17.5. The van der Waals surface area contributed by atoms with E-state index in [0.717, 1.165) is 58.9 Å². The molecule has 4 N–H and O–H groups in total. The molecular weight excluding hydrogens is 326 g/mol. The van der Waals surface area contributed by atoms with Crippen molar-refractivity contribution in [1.82, 2.24) is 26.2 Å². The highest BCUT2D eigenvalue weighted by atomic mass is 16.2. The smallest absolute Gasteiger partial charge is 0.317 e. The molecule has 26 heavy (non-hydrogen) atoms. The van der Waals surface area contributed by atoms with Crippen molar-refractivity contribution in [2.45, 2.75) is 59.3 Å². The Morgan fingerprint density at radius 2 is 1.35 bits per heavy atom. The zero-order valence-corrected chi connectivity index (χ0v) is 17.5. The van der Waals surface area contributed by atoms with Gasteiger partial charge in [-0.05, 0) is 38.9 Å². The first-order chi connectivity index (χ1) is 12.7. The first-order valence-corrected chi connectivity index (χ1v) is 10.8. The van der Waals surface area contributed by atoms with Crippen LogP contribution in [0.2, 0.25) is 0 Å². The lowest BCUT2D eigenvalue weighted by Gasteiger charge is -2.38. The molecule has 0 aromatic rings. The quantitative estimate of drug-likeness (QED) is 0.297. The standard InChI is InChI=1S/C20H43N5O/c1-4-7-10-21-15-20(16-22-11-8-5-2,17-23-12-9-6-3)18-25-14-13-24-19(25)26/h21-23H,4-18H2,1-3H3,(H,24,26). The maximum Gasteiger partial charge on any atom is 0.317 e. The van der Waals surface area contributed by atoms with Gasteiger partial charge >= 0.3 is 6.03 Å². The molecule has 1 rings (SSSR count). The number of hydrogen-bond donors (Lipinski definition) is 4. The molecule has 0 aliphatic carbocycles. The van der Waals surface area contributed by atoms with Crippen LogP contribution >= 0.6 is 0 Å². The lowest BCUT2D eigenvalue weighted by Crippen LogP contribution is -2.55. The molecule has 0 radical (unpaired) electrons. The fourth-order valence-electron chi connectivity index (χ4n) is 3.39. The Kier molecular flexibility index (Phi) is 12.7. The van der Waals surface area contributed by atoms with Gasteiger partial charge in [0.05, 0.1) is 0 Å². The number of rotatable bonds is 17. The van der Waals surface area contributed by atoms with Gasteiger partial charge in [0.1, 0.15) is 0 Å². The Balaban J connectivity index is 2.71. The van der Waals surface area contributed by atoms with Gasteiger partial charge in [0.2, 0.25) is 0 Å². The van der Waals surface area contributed by atoms with Gasteiger partial charge in [-0.1, -0.05) is 40.0 Å². The molecule has 1 aliphatic heterocycles. The van der Waals surface area contributed by atoms with Crippen LogP contribution in [0.4, 0.5) is 4.79 Å². The van der Waals surface area contributed by atoms with Gasteiger partial charge in [0.25, 0.3) is 0 Å². The van der Waals surface area contributed by atoms with Crippen LogP contribution in [0.3, 0.4) is 0 Å². The van der Waals surface area contributed by atoms with Crippen LogP contribution < -0.4 is 21.3 Å². The second-order valence-corrected chi connectivity index (χ2v) is 7.74. The highest BCUT2D eigenvalue weighted by Gasteiger charge is 2.34. The van der Waals surface area contributed by atoms with Crippen molar-refractivity contribution < 1.29 is 4.79 Å². The van der Waals surface area contributed by atoms with Crippen LogP contribution in [0.1, 0.15) is 59.3 Å². The van der Waals surface area contributed by atoms with Crippen molar-refractivity contribution in [2.75, 3.05) is 58.9 Å². The predicted octanol–water partition coefficient (Wildman–Crippen LogP) is 2.17. The Hall–Kier alpha value is -0.850. The zero-order chi connectivity index (χ0) is 19.1. The van der Waals surface area contributed by atoms with Crippen molar-refractivity contribution in [2.24, 2.45) is 5.41 Å². The lowest BCUT2D eigenvalue weighted by molar-refractivity contribution is 0.160. The molecule has 6 nitrogen and oxygen atoms in total. The summed E-state index contributed by atoms with van der Waals surface area (Å²) in [4.78, 5) is 14.1. The van der Waals surface area contributed by atoms with E-state index in [-0.39, 0.29) is 11.4 Å². The van der Waals surface area contributed by atoms with E-state index in [1.54, 1.807) is 0 Å². The van der Waals surface area contributed by atoms with E-state index in [1.165, 1.54) is 38.5 Å². The fourth-order valence-corrected chi connectivity index (χ4v) is 3.39. The lowest BCUT2D eigenvalue weighted by atomic mass is 9.86. The Morgan fingerprint density at radius 3 is 1.69 bits per heavy atom. The molecule has 1 fully saturated rings. The van der Waals surface area contributed by atoms with E-state index in [0.29, 0.717) is 0 Å². The van der Waals surface area contributed by atoms with E-state index in [4.69, 9.17) is 0 Å². The van der Waals surface area contributed by atoms with Gasteiger partial charge in [0, 0.05) is 44.7 Å². The summed E-state index contributed by atoms with van der Waals surface area (Å²) in [6.45, 7) is 15.0. The summed E-state index contributed by atoms with van der Waals surface area (Å²) in [5.41, 5.74) is 0.0247. The highest BCUT2D eigenvalue weighted by molar-refractivity contribution is 5.76. The number of nitrogens with zero attached hydrogens (tertiary/aromatic N) is 1. The van der Waals surface area contributed by atoms with E-state index < -0.39 is 0 Å². The maximum atomic E-state index is 12.1. The minimum absolute atomic E-state index is 0.0247. The number of nitrogens with one attached hydrogen (secondary N) is 4. The van der Waals surface area contributed by atoms with Crippen LogP contribution in [0.15, 0.2) is 0 Å². The molecule has 0 unspecified atom stereocenters. The molecule has 0 saturated carbocycles. The second-order valence-electron chi connectivity index (χ2n) is 7.74. The number of unbranched alkanes of at least 4 members (excludes halogenated alkanes) is 3. The van der Waals surface area contributed by atoms with Gasteiger partial charge in [-0.3, -0.25) is 0 Å². The molecule has 0 aromatic heterocycles. The van der Waals surface area contributed by atoms with Gasteiger partial charge in [-0.15, -0.1) is 0 Å². The summed E-state index contributed by atoms with van der Waals surface area (Å²) in [6.07, 6.45) is 7.22. The molecule has 1 aliphatic rings. The number of amides is 2. The molecule has 6 heteroatoms. The molecule has 0 bridgehead atoms. The fraction of sp³-hybridized carbons (Fsp3) is 0.950. The molecule has 0 aromatic carbocycles. The first-order valence-electron chi connectivity index (χ1n) is 10.8. The number of carbonyl (C=O) groups is 1. The molecule has 1 heterocycles. The monoisotopic (exact) mass is 369 g/mol. The average Bonchev–Trinajstić information content (AvgIpc) is 3.04. The van der Waals surface area contributed by atoms with Crippen LogP contribution in [-0.2, 0) is 0 Å². The summed E-state index contributed by atoms with van der Waals surface area (Å²) in [6, 6.07) is 0.0880. The number of urea groups is 1. The number of hydrogen-bond acceptors (Lipinski definition) is 4. The van der Waals surface area contributed by atoms with Crippen molar-refractivity contribution in [1.29, 1.82) is 0 Å². The summed E-state index contributed by atoms with van der Waals surface area (Å²) < 4.78 is 0. The summed E-state index contributed by atoms with van der Waals surface area (Å²) in [5.74, 6) is 0. The van der Waals surface area contributed by atoms with Crippen molar-refractivity contribution in [3.8, 4) is 0 Å². The summed E-state index contributed by atoms with van der Waals surface area (Å²) in [7, 11) is 0. The molecule has 2 amide bonds. The minimum Gasteiger partial charge on any atom is -0.336 e. The normalized spacial score (nSPS) is 14.9. The van der Waals surface area contributed by atoms with Crippen LogP contribution in [0, 0.1) is 5.41 Å². The predicted molar refractivity (Wildman–Crippen MR) is 111 cm³/mol. The average molecular weight is 370 g/mol. The molecule has 0 atom stereocenters. The Morgan fingerprint density at radius 1 is 0.885 bits per heavy atom. The van der Waals surface area contributed by atoms with Crippen LogP contribution in [-0.4, -0.2) is 69.8 Å². The third-order valence-corrected chi connectivity index (χ3v) is 5.09. The first kappa shape index (κ1) is 23.2. The van der Waals surface area contributed by atoms with E-state index in [9.17, 15) is 4.79 Å². The van der Waals surface area contributed by atoms with Crippen LogP contribution in [0.5, 0.6) is 0 Å². The van der Waals surface area contributed by atoms with E-state index >= 15 is 0 Å². The maximum absolute atomic E-state index is 12.1.